The summed E-state index contributed by atoms with van der Waals surface area (Å²) in [7, 11) is 0. The van der Waals surface area contributed by atoms with E-state index in [0.717, 1.165) is 16.7 Å². The molecule has 1 amide bonds. The maximum Gasteiger partial charge on any atom is 0.295 e. The minimum Gasteiger partial charge on any atom is -0.507 e. The molecule has 1 aliphatic heterocycles. The number of benzene rings is 2. The van der Waals surface area contributed by atoms with E-state index in [1.54, 1.807) is 12.1 Å². The molecule has 1 aliphatic rings. The van der Waals surface area contributed by atoms with Crippen LogP contribution in [0.3, 0.4) is 0 Å². The summed E-state index contributed by atoms with van der Waals surface area (Å²) in [4.78, 5) is 31.3. The van der Waals surface area contributed by atoms with Crippen LogP contribution in [0.15, 0.2) is 84.7 Å². The molecule has 1 fully saturated rings. The second-order valence-electron chi connectivity index (χ2n) is 7.06. The number of ketones is 1. The van der Waals surface area contributed by atoms with Crippen LogP contribution in [0.1, 0.15) is 28.3 Å². The zero-order chi connectivity index (χ0) is 20.4. The van der Waals surface area contributed by atoms with Gasteiger partial charge in [-0.15, -0.1) is 0 Å². The third-order valence-electron chi connectivity index (χ3n) is 5.08. The summed E-state index contributed by atoms with van der Waals surface area (Å²) in [5.74, 6) is -1.48. The Hall–Kier alpha value is -3.73. The van der Waals surface area contributed by atoms with Gasteiger partial charge in [-0.05, 0) is 30.2 Å². The number of carbonyl (C=O) groups is 2. The van der Waals surface area contributed by atoms with Crippen LogP contribution in [0.2, 0.25) is 0 Å². The van der Waals surface area contributed by atoms with Gasteiger partial charge in [0.15, 0.2) is 0 Å². The van der Waals surface area contributed by atoms with Crippen molar-refractivity contribution in [3.05, 3.63) is 107 Å². The molecule has 1 N–H and O–H groups in total. The number of aryl methyl sites for hydroxylation is 1. The first-order valence-corrected chi connectivity index (χ1v) is 9.35. The van der Waals surface area contributed by atoms with Gasteiger partial charge in [-0.25, -0.2) is 0 Å². The van der Waals surface area contributed by atoms with E-state index in [0.29, 0.717) is 5.56 Å². The van der Waals surface area contributed by atoms with Gasteiger partial charge in [0.25, 0.3) is 11.7 Å². The van der Waals surface area contributed by atoms with E-state index < -0.39 is 17.7 Å². The fraction of sp³-hybridized carbons (Fsp3) is 0.125. The quantitative estimate of drug-likeness (QED) is 0.419. The van der Waals surface area contributed by atoms with E-state index in [2.05, 4.69) is 4.98 Å². The van der Waals surface area contributed by atoms with Gasteiger partial charge in [0, 0.05) is 24.5 Å². The Morgan fingerprint density at radius 3 is 2.28 bits per heavy atom. The number of hydrogen-bond donors (Lipinski definition) is 1. The fourth-order valence-corrected chi connectivity index (χ4v) is 3.58. The highest BCUT2D eigenvalue weighted by Crippen LogP contribution is 2.40. The molecule has 0 saturated carbocycles. The molecule has 0 bridgehead atoms. The van der Waals surface area contributed by atoms with Crippen molar-refractivity contribution in [1.29, 1.82) is 0 Å². The Morgan fingerprint density at radius 2 is 1.62 bits per heavy atom. The lowest BCUT2D eigenvalue weighted by molar-refractivity contribution is -0.140. The molecule has 3 aromatic rings. The molecule has 4 rings (SSSR count). The standard InChI is InChI=1S/C24H20N2O3/c1-16-7-9-18(10-8-16)21-20(22(27)19-11-13-25-14-12-19)23(28)24(29)26(21)15-17-5-3-2-4-6-17/h2-14,21,27H,15H2,1H3/b22-20+. The van der Waals surface area contributed by atoms with E-state index in [9.17, 15) is 14.7 Å². The largest absolute Gasteiger partial charge is 0.507 e. The monoisotopic (exact) mass is 384 g/mol. The van der Waals surface area contributed by atoms with Gasteiger partial charge in [-0.2, -0.15) is 0 Å². The molecule has 5 nitrogen and oxygen atoms in total. The van der Waals surface area contributed by atoms with Crippen molar-refractivity contribution in [2.24, 2.45) is 0 Å². The first-order chi connectivity index (χ1) is 14.1. The van der Waals surface area contributed by atoms with Crippen molar-refractivity contribution < 1.29 is 14.7 Å². The lowest BCUT2D eigenvalue weighted by Gasteiger charge is -2.25. The van der Waals surface area contributed by atoms with Crippen molar-refractivity contribution in [3.63, 3.8) is 0 Å². The summed E-state index contributed by atoms with van der Waals surface area (Å²) in [6.07, 6.45) is 3.08. The molecule has 1 unspecified atom stereocenters. The molecular formula is C24H20N2O3. The van der Waals surface area contributed by atoms with Gasteiger partial charge < -0.3 is 10.0 Å². The van der Waals surface area contributed by atoms with Gasteiger partial charge in [0.05, 0.1) is 11.6 Å². The van der Waals surface area contributed by atoms with E-state index in [1.807, 2.05) is 61.5 Å². The van der Waals surface area contributed by atoms with Gasteiger partial charge in [0.1, 0.15) is 5.76 Å². The van der Waals surface area contributed by atoms with Crippen molar-refractivity contribution in [2.75, 3.05) is 0 Å². The van der Waals surface area contributed by atoms with Crippen molar-refractivity contribution in [3.8, 4) is 0 Å². The molecule has 0 spiro atoms. The number of rotatable bonds is 4. The number of nitrogens with zero attached hydrogens (tertiary/aromatic N) is 2. The van der Waals surface area contributed by atoms with Crippen molar-refractivity contribution in [2.45, 2.75) is 19.5 Å². The smallest absolute Gasteiger partial charge is 0.295 e. The van der Waals surface area contributed by atoms with Crippen LogP contribution >= 0.6 is 0 Å². The Labute approximate surface area is 169 Å². The SMILES string of the molecule is Cc1ccc(C2/C(=C(\O)c3ccncc3)C(=O)C(=O)N2Cc2ccccc2)cc1. The summed E-state index contributed by atoms with van der Waals surface area (Å²) in [5, 5.41) is 10.9. The highest BCUT2D eigenvalue weighted by molar-refractivity contribution is 6.46. The molecule has 29 heavy (non-hydrogen) atoms. The molecule has 1 saturated heterocycles. The number of likely N-dealkylation sites (tertiary alicyclic amines) is 1. The van der Waals surface area contributed by atoms with Gasteiger partial charge >= 0.3 is 0 Å². The van der Waals surface area contributed by atoms with Crippen molar-refractivity contribution >= 4 is 17.4 Å². The van der Waals surface area contributed by atoms with Crippen LogP contribution in [0, 0.1) is 6.92 Å². The summed E-state index contributed by atoms with van der Waals surface area (Å²) in [5.41, 5.74) is 3.32. The number of aromatic nitrogens is 1. The van der Waals surface area contributed by atoms with Crippen LogP contribution in [0.5, 0.6) is 0 Å². The first kappa shape index (κ1) is 18.6. The lowest BCUT2D eigenvalue weighted by Crippen LogP contribution is -2.29. The predicted octanol–water partition coefficient (Wildman–Crippen LogP) is 4.01. The normalized spacial score (nSPS) is 18.2. The second kappa shape index (κ2) is 7.72. The molecule has 1 atom stereocenters. The molecule has 144 valence electrons. The number of carbonyl (C=O) groups excluding carboxylic acids is 2. The molecular weight excluding hydrogens is 364 g/mol. The van der Waals surface area contributed by atoms with Crippen LogP contribution in [0.25, 0.3) is 5.76 Å². The molecule has 2 heterocycles. The summed E-state index contributed by atoms with van der Waals surface area (Å²) < 4.78 is 0. The average Bonchev–Trinajstić information content (AvgIpc) is 3.00. The average molecular weight is 384 g/mol. The zero-order valence-electron chi connectivity index (χ0n) is 15.9. The van der Waals surface area contributed by atoms with Gasteiger partial charge in [0.2, 0.25) is 0 Å². The van der Waals surface area contributed by atoms with E-state index in [4.69, 9.17) is 0 Å². The molecule has 2 aromatic carbocycles. The molecule has 1 aromatic heterocycles. The fourth-order valence-electron chi connectivity index (χ4n) is 3.58. The minimum atomic E-state index is -0.680. The number of amides is 1. The Bertz CT molecular complexity index is 1070. The number of aliphatic hydroxyl groups excluding tert-OH is 1. The van der Waals surface area contributed by atoms with Crippen LogP contribution in [-0.4, -0.2) is 26.7 Å². The van der Waals surface area contributed by atoms with E-state index in [-0.39, 0.29) is 17.9 Å². The second-order valence-corrected chi connectivity index (χ2v) is 7.06. The van der Waals surface area contributed by atoms with Crippen LogP contribution < -0.4 is 0 Å². The van der Waals surface area contributed by atoms with E-state index >= 15 is 0 Å². The molecule has 5 heteroatoms. The number of hydrogen-bond acceptors (Lipinski definition) is 4. The lowest BCUT2D eigenvalue weighted by atomic mass is 9.95. The predicted molar refractivity (Wildman–Crippen MR) is 110 cm³/mol. The number of pyridine rings is 1. The molecule has 0 aliphatic carbocycles. The maximum absolute atomic E-state index is 12.9. The van der Waals surface area contributed by atoms with Gasteiger partial charge in [-0.3, -0.25) is 14.6 Å². The summed E-state index contributed by atoms with van der Waals surface area (Å²) in [6, 6.07) is 19.7. The van der Waals surface area contributed by atoms with Crippen LogP contribution in [0.4, 0.5) is 0 Å². The summed E-state index contributed by atoms with van der Waals surface area (Å²) >= 11 is 0. The van der Waals surface area contributed by atoms with Crippen LogP contribution in [-0.2, 0) is 16.1 Å². The third kappa shape index (κ3) is 3.55. The minimum absolute atomic E-state index is 0.0981. The number of aliphatic hydroxyl groups is 1. The Morgan fingerprint density at radius 1 is 0.966 bits per heavy atom. The Balaban J connectivity index is 1.86. The third-order valence-corrected chi connectivity index (χ3v) is 5.08. The topological polar surface area (TPSA) is 70.5 Å². The Kier molecular flexibility index (Phi) is 4.96. The molecule has 0 radical (unpaired) electrons. The van der Waals surface area contributed by atoms with E-state index in [1.165, 1.54) is 17.3 Å². The zero-order valence-corrected chi connectivity index (χ0v) is 15.9. The highest BCUT2D eigenvalue weighted by Gasteiger charge is 2.46. The van der Waals surface area contributed by atoms with Crippen molar-refractivity contribution in [1.82, 2.24) is 9.88 Å². The van der Waals surface area contributed by atoms with Gasteiger partial charge in [-0.1, -0.05) is 60.2 Å². The highest BCUT2D eigenvalue weighted by atomic mass is 16.3. The summed E-state index contributed by atoms with van der Waals surface area (Å²) in [6.45, 7) is 2.25. The number of Topliss-reactive ketones (excluding diaryl/α,β-unsaturated/α-hetero) is 1. The first-order valence-electron chi connectivity index (χ1n) is 9.35. The maximum atomic E-state index is 12.9.